The molecule has 0 spiro atoms. The van der Waals surface area contributed by atoms with Crippen LogP contribution in [-0.2, 0) is 0 Å². The lowest BCUT2D eigenvalue weighted by atomic mass is 10.1. The van der Waals surface area contributed by atoms with Crippen LogP contribution in [0.25, 0.3) is 0 Å². The molecular weight excluding hydrogens is 236 g/mol. The number of unbranched alkanes of at least 4 members (excludes halogenated alkanes) is 2. The van der Waals surface area contributed by atoms with Gasteiger partial charge in [-0.05, 0) is 43.6 Å². The smallest absolute Gasteiger partial charge is 0.0903 e. The molecule has 0 bridgehead atoms. The van der Waals surface area contributed by atoms with Crippen molar-refractivity contribution >= 4 is 23.5 Å². The van der Waals surface area contributed by atoms with E-state index in [1.54, 1.807) is 11.8 Å². The first-order valence-corrected chi connectivity index (χ1v) is 8.23. The third kappa shape index (κ3) is 8.54. The average molecular weight is 262 g/mol. The largest absolute Gasteiger partial charge is 0.385 e. The van der Waals surface area contributed by atoms with Gasteiger partial charge in [-0.2, -0.15) is 0 Å². The Morgan fingerprint density at radius 3 is 2.19 bits per heavy atom. The Kier molecular flexibility index (Phi) is 9.67. The lowest BCUT2D eigenvalue weighted by Crippen LogP contribution is -2.20. The Hall–Kier alpha value is 0.400. The number of thioether (sulfide) groups is 2. The van der Waals surface area contributed by atoms with Gasteiger partial charge in [0.05, 0.1) is 5.60 Å². The molecule has 0 heterocycles. The topological polar surface area (TPSA) is 20.2 Å². The zero-order valence-electron chi connectivity index (χ0n) is 11.1. The Labute approximate surface area is 109 Å². The van der Waals surface area contributed by atoms with Crippen LogP contribution in [0.2, 0.25) is 0 Å². The minimum atomic E-state index is -0.683. The molecule has 0 saturated heterocycles. The Morgan fingerprint density at radius 1 is 1.12 bits per heavy atom. The molecule has 0 aliphatic heterocycles. The van der Waals surface area contributed by atoms with Gasteiger partial charge in [0.2, 0.25) is 0 Å². The predicted molar refractivity (Wildman–Crippen MR) is 79.1 cm³/mol. The Bertz CT molecular complexity index is 195. The number of hydrogen-bond acceptors (Lipinski definition) is 3. The fraction of sp³-hybridized carbons (Fsp3) is 0.846. The van der Waals surface area contributed by atoms with E-state index in [0.717, 1.165) is 16.4 Å². The molecular formula is C13H26OS2. The molecule has 0 fully saturated rings. The van der Waals surface area contributed by atoms with Crippen LogP contribution < -0.4 is 0 Å². The third-order valence-electron chi connectivity index (χ3n) is 2.16. The van der Waals surface area contributed by atoms with Gasteiger partial charge < -0.3 is 5.11 Å². The molecule has 0 aromatic carbocycles. The zero-order valence-corrected chi connectivity index (χ0v) is 12.7. The van der Waals surface area contributed by atoms with Crippen LogP contribution in [0.15, 0.2) is 10.3 Å². The zero-order chi connectivity index (χ0) is 12.4. The maximum Gasteiger partial charge on any atom is 0.0903 e. The van der Waals surface area contributed by atoms with Crippen LogP contribution in [0.5, 0.6) is 0 Å². The summed E-state index contributed by atoms with van der Waals surface area (Å²) in [7, 11) is 0. The van der Waals surface area contributed by atoms with Gasteiger partial charge in [0.25, 0.3) is 0 Å². The molecule has 0 rings (SSSR count). The van der Waals surface area contributed by atoms with Crippen molar-refractivity contribution in [2.45, 2.75) is 59.0 Å². The maximum absolute atomic E-state index is 10.0. The molecule has 3 heteroatoms. The van der Waals surface area contributed by atoms with Crippen molar-refractivity contribution in [3.63, 3.8) is 0 Å². The molecule has 1 nitrogen and oxygen atoms in total. The average Bonchev–Trinajstić information content (AvgIpc) is 2.20. The molecule has 0 amide bonds. The summed E-state index contributed by atoms with van der Waals surface area (Å²) in [5, 5.41) is 12.2. The minimum absolute atomic E-state index is 0.683. The molecule has 0 aliphatic carbocycles. The van der Waals surface area contributed by atoms with E-state index in [4.69, 9.17) is 0 Å². The van der Waals surface area contributed by atoms with Crippen molar-refractivity contribution in [3.05, 3.63) is 10.3 Å². The van der Waals surface area contributed by atoms with Crippen molar-refractivity contribution in [1.29, 1.82) is 0 Å². The standard InChI is InChI=1S/C13H26OS2/c1-5-7-9-15-11-12(13(3,4)14)16-10-8-6-2/h11,14H,5-10H2,1-4H3/b12-11-. The van der Waals surface area contributed by atoms with Crippen molar-refractivity contribution in [1.82, 2.24) is 0 Å². The van der Waals surface area contributed by atoms with E-state index < -0.39 is 5.60 Å². The quantitative estimate of drug-likeness (QED) is 0.610. The lowest BCUT2D eigenvalue weighted by Gasteiger charge is -2.21. The highest BCUT2D eigenvalue weighted by Gasteiger charge is 2.19. The van der Waals surface area contributed by atoms with Crippen LogP contribution in [-0.4, -0.2) is 22.2 Å². The van der Waals surface area contributed by atoms with Gasteiger partial charge in [-0.3, -0.25) is 0 Å². The first-order chi connectivity index (χ1) is 7.52. The van der Waals surface area contributed by atoms with Gasteiger partial charge in [0.15, 0.2) is 0 Å². The van der Waals surface area contributed by atoms with Gasteiger partial charge in [-0.1, -0.05) is 26.7 Å². The normalized spacial score (nSPS) is 13.2. The summed E-state index contributed by atoms with van der Waals surface area (Å²) in [4.78, 5) is 1.11. The van der Waals surface area contributed by atoms with Gasteiger partial charge in [-0.25, -0.2) is 0 Å². The number of aliphatic hydroxyl groups is 1. The second kappa shape index (κ2) is 9.43. The van der Waals surface area contributed by atoms with Gasteiger partial charge in [0, 0.05) is 4.91 Å². The SMILES string of the molecule is CCCCS/C=C(\SCCCC)C(C)(C)O. The molecule has 1 N–H and O–H groups in total. The van der Waals surface area contributed by atoms with Crippen LogP contribution >= 0.6 is 23.5 Å². The third-order valence-corrected chi connectivity index (χ3v) is 4.66. The highest BCUT2D eigenvalue weighted by molar-refractivity contribution is 8.06. The molecule has 0 aromatic rings. The fourth-order valence-electron chi connectivity index (χ4n) is 1.04. The monoisotopic (exact) mass is 262 g/mol. The highest BCUT2D eigenvalue weighted by atomic mass is 32.2. The second-order valence-electron chi connectivity index (χ2n) is 4.47. The summed E-state index contributed by atoms with van der Waals surface area (Å²) >= 11 is 3.63. The summed E-state index contributed by atoms with van der Waals surface area (Å²) in [5.74, 6) is 2.27. The molecule has 0 saturated carbocycles. The van der Waals surface area contributed by atoms with Gasteiger partial charge in [-0.15, -0.1) is 23.5 Å². The van der Waals surface area contributed by atoms with E-state index >= 15 is 0 Å². The molecule has 0 aliphatic rings. The minimum Gasteiger partial charge on any atom is -0.385 e. The van der Waals surface area contributed by atoms with Crippen molar-refractivity contribution in [2.75, 3.05) is 11.5 Å². The summed E-state index contributed by atoms with van der Waals surface area (Å²) in [5.41, 5.74) is -0.683. The number of hydrogen-bond donors (Lipinski definition) is 1. The molecule has 0 unspecified atom stereocenters. The van der Waals surface area contributed by atoms with Crippen molar-refractivity contribution in [2.24, 2.45) is 0 Å². The summed E-state index contributed by atoms with van der Waals surface area (Å²) in [6.45, 7) is 8.15. The van der Waals surface area contributed by atoms with E-state index in [1.165, 1.54) is 25.7 Å². The maximum atomic E-state index is 10.0. The van der Waals surface area contributed by atoms with Gasteiger partial charge in [0.1, 0.15) is 0 Å². The lowest BCUT2D eigenvalue weighted by molar-refractivity contribution is 0.129. The van der Waals surface area contributed by atoms with Crippen LogP contribution in [0.3, 0.4) is 0 Å². The van der Waals surface area contributed by atoms with Crippen LogP contribution in [0.1, 0.15) is 53.4 Å². The van der Waals surface area contributed by atoms with Crippen LogP contribution in [0, 0.1) is 0 Å². The Morgan fingerprint density at radius 2 is 1.69 bits per heavy atom. The predicted octanol–water partition coefficient (Wildman–Crippen LogP) is 4.67. The van der Waals surface area contributed by atoms with Gasteiger partial charge >= 0.3 is 0 Å². The molecule has 0 atom stereocenters. The first-order valence-electron chi connectivity index (χ1n) is 6.19. The molecule has 96 valence electrons. The highest BCUT2D eigenvalue weighted by Crippen LogP contribution is 2.31. The molecule has 0 aromatic heterocycles. The van der Waals surface area contributed by atoms with E-state index in [1.807, 2.05) is 25.6 Å². The summed E-state index contributed by atoms with van der Waals surface area (Å²) < 4.78 is 0. The van der Waals surface area contributed by atoms with Crippen LogP contribution in [0.4, 0.5) is 0 Å². The van der Waals surface area contributed by atoms with Crippen molar-refractivity contribution in [3.8, 4) is 0 Å². The Balaban J connectivity index is 4.09. The van der Waals surface area contributed by atoms with E-state index in [-0.39, 0.29) is 0 Å². The van der Waals surface area contributed by atoms with E-state index in [9.17, 15) is 5.11 Å². The summed E-state index contributed by atoms with van der Waals surface area (Å²) in [6.07, 6.45) is 4.93. The summed E-state index contributed by atoms with van der Waals surface area (Å²) in [6, 6.07) is 0. The first kappa shape index (κ1) is 16.4. The van der Waals surface area contributed by atoms with E-state index in [2.05, 4.69) is 19.3 Å². The molecule has 0 radical (unpaired) electrons. The molecule has 16 heavy (non-hydrogen) atoms. The fourth-order valence-corrected chi connectivity index (χ4v) is 3.54. The van der Waals surface area contributed by atoms with E-state index in [0.29, 0.717) is 0 Å². The second-order valence-corrected chi connectivity index (χ2v) is 6.58. The number of rotatable bonds is 9. The van der Waals surface area contributed by atoms with Crippen molar-refractivity contribution < 1.29 is 5.11 Å².